The van der Waals surface area contributed by atoms with Crippen LogP contribution in [0.25, 0.3) is 0 Å². The zero-order valence-corrected chi connectivity index (χ0v) is 12.2. The van der Waals surface area contributed by atoms with Crippen LogP contribution in [0.1, 0.15) is 10.4 Å². The predicted molar refractivity (Wildman–Crippen MR) is 77.0 cm³/mol. The summed E-state index contributed by atoms with van der Waals surface area (Å²) in [6.45, 7) is 0. The standard InChI is InChI=1S/C13H8BrClFNO3/c14-9-2-1-7(5-11(9)16)20-12-8(13(18)19)3-6(17)4-10(12)15/h1-5H,17H2,(H,18,19). The van der Waals surface area contributed by atoms with Gasteiger partial charge in [-0.3, -0.25) is 0 Å². The van der Waals surface area contributed by atoms with E-state index >= 15 is 0 Å². The molecule has 0 aromatic heterocycles. The molecule has 0 saturated heterocycles. The number of ether oxygens (including phenoxy) is 1. The van der Waals surface area contributed by atoms with Gasteiger partial charge in [0.2, 0.25) is 0 Å². The lowest BCUT2D eigenvalue weighted by Crippen LogP contribution is -2.02. The Balaban J connectivity index is 2.47. The summed E-state index contributed by atoms with van der Waals surface area (Å²) in [7, 11) is 0. The van der Waals surface area contributed by atoms with Gasteiger partial charge in [0.1, 0.15) is 17.1 Å². The van der Waals surface area contributed by atoms with Crippen molar-refractivity contribution in [2.75, 3.05) is 5.73 Å². The van der Waals surface area contributed by atoms with Gasteiger partial charge in [0.25, 0.3) is 0 Å². The molecule has 0 fully saturated rings. The summed E-state index contributed by atoms with van der Waals surface area (Å²) in [6.07, 6.45) is 0. The van der Waals surface area contributed by atoms with E-state index in [1.807, 2.05) is 0 Å². The summed E-state index contributed by atoms with van der Waals surface area (Å²) >= 11 is 8.94. The van der Waals surface area contributed by atoms with Gasteiger partial charge in [0, 0.05) is 11.8 Å². The Morgan fingerprint density at radius 3 is 2.65 bits per heavy atom. The minimum Gasteiger partial charge on any atom is -0.478 e. The van der Waals surface area contributed by atoms with Gasteiger partial charge >= 0.3 is 5.97 Å². The van der Waals surface area contributed by atoms with E-state index in [1.165, 1.54) is 24.3 Å². The SMILES string of the molecule is Nc1cc(Cl)c(Oc2ccc(Br)c(F)c2)c(C(=O)O)c1. The second-order valence-corrected chi connectivity index (χ2v) is 5.12. The van der Waals surface area contributed by atoms with Crippen molar-refractivity contribution < 1.29 is 19.0 Å². The van der Waals surface area contributed by atoms with Gasteiger partial charge in [-0.05, 0) is 40.2 Å². The molecular formula is C13H8BrClFNO3. The number of aromatic carboxylic acids is 1. The molecule has 3 N–H and O–H groups in total. The quantitative estimate of drug-likeness (QED) is 0.800. The summed E-state index contributed by atoms with van der Waals surface area (Å²) in [4.78, 5) is 11.2. The molecule has 0 amide bonds. The molecule has 0 bridgehead atoms. The molecule has 0 saturated carbocycles. The molecule has 0 atom stereocenters. The maximum Gasteiger partial charge on any atom is 0.339 e. The monoisotopic (exact) mass is 359 g/mol. The normalized spacial score (nSPS) is 10.3. The summed E-state index contributed by atoms with van der Waals surface area (Å²) in [6, 6.07) is 6.61. The molecule has 104 valence electrons. The Labute approximate surface area is 127 Å². The Hall–Kier alpha value is -1.79. The first-order valence-corrected chi connectivity index (χ1v) is 6.51. The number of carboxylic acid groups (broad SMARTS) is 1. The first-order chi connectivity index (χ1) is 9.38. The highest BCUT2D eigenvalue weighted by atomic mass is 79.9. The molecule has 0 spiro atoms. The predicted octanol–water partition coefficient (Wildman–Crippen LogP) is 4.31. The average Bonchev–Trinajstić information content (AvgIpc) is 2.36. The van der Waals surface area contributed by atoms with Crippen molar-refractivity contribution >= 4 is 39.2 Å². The highest BCUT2D eigenvalue weighted by Crippen LogP contribution is 2.35. The van der Waals surface area contributed by atoms with Crippen LogP contribution in [-0.2, 0) is 0 Å². The fraction of sp³-hybridized carbons (Fsp3) is 0. The first-order valence-electron chi connectivity index (χ1n) is 5.33. The van der Waals surface area contributed by atoms with E-state index in [0.717, 1.165) is 6.07 Å². The maximum absolute atomic E-state index is 13.4. The van der Waals surface area contributed by atoms with Crippen LogP contribution in [0.15, 0.2) is 34.8 Å². The largest absolute Gasteiger partial charge is 0.478 e. The molecule has 2 rings (SSSR count). The molecule has 0 aliphatic rings. The molecule has 4 nitrogen and oxygen atoms in total. The molecule has 7 heteroatoms. The van der Waals surface area contributed by atoms with Crippen molar-refractivity contribution in [1.82, 2.24) is 0 Å². The lowest BCUT2D eigenvalue weighted by atomic mass is 10.2. The summed E-state index contributed by atoms with van der Waals surface area (Å²) in [5.74, 6) is -1.74. The zero-order valence-electron chi connectivity index (χ0n) is 9.86. The van der Waals surface area contributed by atoms with Crippen LogP contribution in [0.4, 0.5) is 10.1 Å². The minimum atomic E-state index is -1.24. The van der Waals surface area contributed by atoms with E-state index in [-0.39, 0.29) is 32.2 Å². The summed E-state index contributed by atoms with van der Waals surface area (Å²) < 4.78 is 19.0. The molecule has 2 aromatic rings. The van der Waals surface area contributed by atoms with E-state index in [2.05, 4.69) is 15.9 Å². The number of halogens is 3. The lowest BCUT2D eigenvalue weighted by molar-refractivity contribution is 0.0694. The fourth-order valence-corrected chi connectivity index (χ4v) is 2.05. The van der Waals surface area contributed by atoms with Gasteiger partial charge in [-0.25, -0.2) is 9.18 Å². The number of carbonyl (C=O) groups is 1. The number of carboxylic acids is 1. The second kappa shape index (κ2) is 5.68. The Kier molecular flexibility index (Phi) is 4.15. The molecule has 0 aliphatic carbocycles. The van der Waals surface area contributed by atoms with Gasteiger partial charge in [-0.2, -0.15) is 0 Å². The highest BCUT2D eigenvalue weighted by Gasteiger charge is 2.17. The summed E-state index contributed by atoms with van der Waals surface area (Å²) in [5.41, 5.74) is 5.53. The number of benzene rings is 2. The van der Waals surface area contributed by atoms with Gasteiger partial charge in [-0.1, -0.05) is 11.6 Å². The number of hydrogen-bond donors (Lipinski definition) is 2. The van der Waals surface area contributed by atoms with E-state index in [9.17, 15) is 9.18 Å². The van der Waals surface area contributed by atoms with Crippen LogP contribution in [-0.4, -0.2) is 11.1 Å². The van der Waals surface area contributed by atoms with Crippen molar-refractivity contribution in [2.24, 2.45) is 0 Å². The van der Waals surface area contributed by atoms with E-state index in [0.29, 0.717) is 0 Å². The van der Waals surface area contributed by atoms with Crippen molar-refractivity contribution in [2.45, 2.75) is 0 Å². The molecule has 0 heterocycles. The average molecular weight is 361 g/mol. The van der Waals surface area contributed by atoms with Crippen molar-refractivity contribution in [3.63, 3.8) is 0 Å². The number of anilines is 1. The van der Waals surface area contributed by atoms with Crippen LogP contribution in [0.5, 0.6) is 11.5 Å². The molecule has 0 aliphatic heterocycles. The highest BCUT2D eigenvalue weighted by molar-refractivity contribution is 9.10. The Morgan fingerprint density at radius 1 is 1.35 bits per heavy atom. The third-order valence-electron chi connectivity index (χ3n) is 2.41. The molecule has 20 heavy (non-hydrogen) atoms. The molecule has 2 aromatic carbocycles. The van der Waals surface area contributed by atoms with Crippen molar-refractivity contribution in [3.8, 4) is 11.5 Å². The Morgan fingerprint density at radius 2 is 2.05 bits per heavy atom. The topological polar surface area (TPSA) is 72.5 Å². The van der Waals surface area contributed by atoms with Crippen molar-refractivity contribution in [3.05, 3.63) is 51.2 Å². The van der Waals surface area contributed by atoms with E-state index in [1.54, 1.807) is 0 Å². The van der Waals surface area contributed by atoms with Gasteiger partial charge in [-0.15, -0.1) is 0 Å². The van der Waals surface area contributed by atoms with Crippen LogP contribution >= 0.6 is 27.5 Å². The fourth-order valence-electron chi connectivity index (χ4n) is 1.54. The maximum atomic E-state index is 13.4. The van der Waals surface area contributed by atoms with Gasteiger partial charge < -0.3 is 15.6 Å². The molecular weight excluding hydrogens is 353 g/mol. The van der Waals surface area contributed by atoms with E-state index < -0.39 is 11.8 Å². The zero-order chi connectivity index (χ0) is 14.9. The number of hydrogen-bond acceptors (Lipinski definition) is 3. The third-order valence-corrected chi connectivity index (χ3v) is 3.33. The Bertz CT molecular complexity index is 694. The van der Waals surface area contributed by atoms with E-state index in [4.69, 9.17) is 27.2 Å². The number of nitrogens with two attached hydrogens (primary N) is 1. The molecule has 0 unspecified atom stereocenters. The van der Waals surface area contributed by atoms with Crippen LogP contribution in [0, 0.1) is 5.82 Å². The minimum absolute atomic E-state index is 0.0331. The first kappa shape index (κ1) is 14.6. The van der Waals surface area contributed by atoms with Crippen LogP contribution < -0.4 is 10.5 Å². The summed E-state index contributed by atoms with van der Waals surface area (Å²) in [5, 5.41) is 9.15. The third kappa shape index (κ3) is 3.02. The van der Waals surface area contributed by atoms with Crippen LogP contribution in [0.2, 0.25) is 5.02 Å². The van der Waals surface area contributed by atoms with Gasteiger partial charge in [0.15, 0.2) is 5.75 Å². The van der Waals surface area contributed by atoms with Crippen LogP contribution in [0.3, 0.4) is 0 Å². The second-order valence-electron chi connectivity index (χ2n) is 3.86. The van der Waals surface area contributed by atoms with Crippen molar-refractivity contribution in [1.29, 1.82) is 0 Å². The van der Waals surface area contributed by atoms with Gasteiger partial charge in [0.05, 0.1) is 9.50 Å². The molecule has 0 radical (unpaired) electrons. The number of rotatable bonds is 3. The smallest absolute Gasteiger partial charge is 0.339 e. The number of nitrogen functional groups attached to an aromatic ring is 1. The lowest BCUT2D eigenvalue weighted by Gasteiger charge is -2.11.